The van der Waals surface area contributed by atoms with Crippen molar-refractivity contribution in [1.29, 1.82) is 0 Å². The number of H-pyrrole nitrogens is 1. The average Bonchev–Trinajstić information content (AvgIpc) is 3.06. The molecule has 5 rings (SSSR count). The van der Waals surface area contributed by atoms with Crippen LogP contribution in [0.3, 0.4) is 0 Å². The average molecular weight is 339 g/mol. The second-order valence-electron chi connectivity index (χ2n) is 6.21. The van der Waals surface area contributed by atoms with Gasteiger partial charge in [-0.2, -0.15) is 0 Å². The van der Waals surface area contributed by atoms with Gasteiger partial charge >= 0.3 is 0 Å². The first-order valence-electron chi connectivity index (χ1n) is 8.25. The fourth-order valence-corrected chi connectivity index (χ4v) is 3.70. The standard InChI is InChI=1S/C21H13N3O2/c25-24(26)20-12-22-10-9-14(20)17-11-19-21(15-6-2-1-5-13(15)17)16-7-3-4-8-18(16)23-19/h1-12,23H. The molecule has 5 nitrogen and oxygen atoms in total. The smallest absolute Gasteiger partial charge is 0.295 e. The van der Waals surface area contributed by atoms with E-state index in [0.717, 1.165) is 38.1 Å². The Balaban J connectivity index is 1.98. The van der Waals surface area contributed by atoms with Crippen LogP contribution in [0.4, 0.5) is 5.69 Å². The minimum absolute atomic E-state index is 0.00751. The summed E-state index contributed by atoms with van der Waals surface area (Å²) in [5.74, 6) is 0. The van der Waals surface area contributed by atoms with E-state index in [4.69, 9.17) is 0 Å². The maximum atomic E-state index is 11.5. The molecule has 0 aliphatic rings. The summed E-state index contributed by atoms with van der Waals surface area (Å²) in [5.41, 5.74) is 3.42. The van der Waals surface area contributed by atoms with E-state index >= 15 is 0 Å². The number of aromatic nitrogens is 2. The van der Waals surface area contributed by atoms with Gasteiger partial charge in [-0.15, -0.1) is 0 Å². The number of rotatable bonds is 2. The molecule has 26 heavy (non-hydrogen) atoms. The molecule has 0 aliphatic carbocycles. The van der Waals surface area contributed by atoms with Gasteiger partial charge in [-0.1, -0.05) is 42.5 Å². The second-order valence-corrected chi connectivity index (χ2v) is 6.21. The molecule has 3 aromatic carbocycles. The number of benzene rings is 3. The third kappa shape index (κ3) is 2.01. The Hall–Kier alpha value is -3.73. The van der Waals surface area contributed by atoms with E-state index in [-0.39, 0.29) is 10.6 Å². The maximum Gasteiger partial charge on any atom is 0.295 e. The van der Waals surface area contributed by atoms with Crippen LogP contribution in [0.25, 0.3) is 43.7 Å². The number of hydrogen-bond donors (Lipinski definition) is 1. The van der Waals surface area contributed by atoms with Crippen LogP contribution < -0.4 is 0 Å². The molecule has 5 heteroatoms. The van der Waals surface area contributed by atoms with Crippen LogP contribution >= 0.6 is 0 Å². The van der Waals surface area contributed by atoms with E-state index in [9.17, 15) is 10.1 Å². The van der Waals surface area contributed by atoms with Gasteiger partial charge in [0, 0.05) is 28.0 Å². The molecule has 0 amide bonds. The largest absolute Gasteiger partial charge is 0.354 e. The van der Waals surface area contributed by atoms with Crippen LogP contribution in [0.15, 0.2) is 73.1 Å². The molecular weight excluding hydrogens is 326 g/mol. The van der Waals surface area contributed by atoms with Gasteiger partial charge < -0.3 is 4.98 Å². The number of hydrogen-bond acceptors (Lipinski definition) is 3. The van der Waals surface area contributed by atoms with Crippen molar-refractivity contribution in [2.75, 3.05) is 0 Å². The molecule has 0 saturated carbocycles. The lowest BCUT2D eigenvalue weighted by atomic mass is 9.94. The van der Waals surface area contributed by atoms with E-state index in [2.05, 4.69) is 22.1 Å². The normalized spacial score (nSPS) is 11.4. The van der Waals surface area contributed by atoms with Crippen LogP contribution in [-0.2, 0) is 0 Å². The summed E-state index contributed by atoms with van der Waals surface area (Å²) in [5, 5.41) is 15.8. The van der Waals surface area contributed by atoms with Gasteiger partial charge in [0.05, 0.1) is 10.5 Å². The molecule has 2 aromatic heterocycles. The highest BCUT2D eigenvalue weighted by Gasteiger charge is 2.19. The molecule has 0 aliphatic heterocycles. The van der Waals surface area contributed by atoms with Crippen molar-refractivity contribution >= 4 is 38.3 Å². The lowest BCUT2D eigenvalue weighted by molar-refractivity contribution is -0.384. The first-order chi connectivity index (χ1) is 12.7. The molecule has 0 radical (unpaired) electrons. The minimum Gasteiger partial charge on any atom is -0.354 e. The van der Waals surface area contributed by atoms with Crippen molar-refractivity contribution in [3.05, 3.63) is 83.2 Å². The third-order valence-corrected chi connectivity index (χ3v) is 4.80. The van der Waals surface area contributed by atoms with Crippen LogP contribution in [-0.4, -0.2) is 14.9 Å². The fraction of sp³-hybridized carbons (Fsp3) is 0. The number of fused-ring (bicyclic) bond motifs is 5. The zero-order valence-electron chi connectivity index (χ0n) is 13.6. The molecule has 124 valence electrons. The first kappa shape index (κ1) is 14.6. The molecule has 2 heterocycles. The monoisotopic (exact) mass is 339 g/mol. The molecule has 0 saturated heterocycles. The SMILES string of the molecule is O=[N+]([O-])c1cnccc1-c1cc2[nH]c3ccccc3c2c2ccccc12. The van der Waals surface area contributed by atoms with E-state index in [1.165, 1.54) is 6.20 Å². The van der Waals surface area contributed by atoms with E-state index in [1.807, 2.05) is 42.5 Å². The number of para-hydroxylation sites is 1. The molecule has 5 aromatic rings. The summed E-state index contributed by atoms with van der Waals surface area (Å²) in [6.45, 7) is 0. The van der Waals surface area contributed by atoms with Crippen molar-refractivity contribution in [2.24, 2.45) is 0 Å². The Labute approximate surface area is 148 Å². The third-order valence-electron chi connectivity index (χ3n) is 4.80. The second kappa shape index (κ2) is 5.39. The van der Waals surface area contributed by atoms with Gasteiger partial charge in [0.1, 0.15) is 6.20 Å². The summed E-state index contributed by atoms with van der Waals surface area (Å²) < 4.78 is 0. The van der Waals surface area contributed by atoms with Crippen LogP contribution in [0.1, 0.15) is 0 Å². The van der Waals surface area contributed by atoms with Crippen LogP contribution in [0, 0.1) is 10.1 Å². The first-order valence-corrected chi connectivity index (χ1v) is 8.25. The topological polar surface area (TPSA) is 71.8 Å². The van der Waals surface area contributed by atoms with Crippen molar-refractivity contribution in [1.82, 2.24) is 9.97 Å². The Bertz CT molecular complexity index is 1320. The van der Waals surface area contributed by atoms with Crippen molar-refractivity contribution in [3.8, 4) is 11.1 Å². The highest BCUT2D eigenvalue weighted by atomic mass is 16.6. The van der Waals surface area contributed by atoms with Gasteiger partial charge in [0.25, 0.3) is 5.69 Å². The predicted octanol–water partition coefficient (Wildman–Crippen LogP) is 5.44. The molecule has 0 fully saturated rings. The van der Waals surface area contributed by atoms with Crippen molar-refractivity contribution < 1.29 is 4.92 Å². The Kier molecular flexibility index (Phi) is 3.03. The van der Waals surface area contributed by atoms with Crippen LogP contribution in [0.2, 0.25) is 0 Å². The van der Waals surface area contributed by atoms with Gasteiger partial charge in [0.2, 0.25) is 0 Å². The summed E-state index contributed by atoms with van der Waals surface area (Å²) in [6.07, 6.45) is 2.89. The number of nitro groups is 1. The summed E-state index contributed by atoms with van der Waals surface area (Å²) in [6, 6.07) is 19.9. The number of nitrogens with zero attached hydrogens (tertiary/aromatic N) is 2. The molecule has 0 unspecified atom stereocenters. The number of nitrogens with one attached hydrogen (secondary N) is 1. The maximum absolute atomic E-state index is 11.5. The lowest BCUT2D eigenvalue weighted by Gasteiger charge is -2.09. The van der Waals surface area contributed by atoms with Crippen molar-refractivity contribution in [3.63, 3.8) is 0 Å². The highest BCUT2D eigenvalue weighted by Crippen LogP contribution is 2.40. The molecular formula is C21H13N3O2. The zero-order valence-corrected chi connectivity index (χ0v) is 13.6. The summed E-state index contributed by atoms with van der Waals surface area (Å²) in [7, 11) is 0. The number of aromatic amines is 1. The van der Waals surface area contributed by atoms with Gasteiger partial charge in [-0.05, 0) is 34.5 Å². The summed E-state index contributed by atoms with van der Waals surface area (Å²) in [4.78, 5) is 18.5. The minimum atomic E-state index is -0.382. The lowest BCUT2D eigenvalue weighted by Crippen LogP contribution is -1.93. The fourth-order valence-electron chi connectivity index (χ4n) is 3.70. The Morgan fingerprint density at radius 2 is 1.58 bits per heavy atom. The summed E-state index contributed by atoms with van der Waals surface area (Å²) >= 11 is 0. The van der Waals surface area contributed by atoms with Crippen LogP contribution in [0.5, 0.6) is 0 Å². The molecule has 0 bridgehead atoms. The highest BCUT2D eigenvalue weighted by molar-refractivity contribution is 6.23. The Morgan fingerprint density at radius 1 is 0.846 bits per heavy atom. The van der Waals surface area contributed by atoms with Gasteiger partial charge in [-0.25, -0.2) is 0 Å². The van der Waals surface area contributed by atoms with E-state index in [0.29, 0.717) is 5.56 Å². The zero-order chi connectivity index (χ0) is 17.7. The Morgan fingerprint density at radius 3 is 2.38 bits per heavy atom. The van der Waals surface area contributed by atoms with E-state index < -0.39 is 0 Å². The van der Waals surface area contributed by atoms with Gasteiger partial charge in [0.15, 0.2) is 0 Å². The van der Waals surface area contributed by atoms with E-state index in [1.54, 1.807) is 12.3 Å². The van der Waals surface area contributed by atoms with Crippen molar-refractivity contribution in [2.45, 2.75) is 0 Å². The van der Waals surface area contributed by atoms with Gasteiger partial charge in [-0.3, -0.25) is 15.1 Å². The molecule has 0 atom stereocenters. The molecule has 1 N–H and O–H groups in total. The predicted molar refractivity (Wildman–Crippen MR) is 103 cm³/mol. The number of pyridine rings is 1. The quantitative estimate of drug-likeness (QED) is 0.343. The molecule has 0 spiro atoms.